The summed E-state index contributed by atoms with van der Waals surface area (Å²) in [4.78, 5) is 4.45. The van der Waals surface area contributed by atoms with Crippen LogP contribution in [0.4, 0.5) is 5.69 Å². The summed E-state index contributed by atoms with van der Waals surface area (Å²) < 4.78 is 0. The van der Waals surface area contributed by atoms with E-state index in [1.54, 1.807) is 12.4 Å². The number of pyridine rings is 1. The third-order valence-electron chi connectivity index (χ3n) is 1.93. The Balaban J connectivity index is 2.56. The normalized spacial score (nSPS) is 9.93. The third-order valence-corrected chi connectivity index (χ3v) is 2.84. The topological polar surface area (TPSA) is 50.9 Å². The quantitative estimate of drug-likeness (QED) is 0.588. The lowest BCUT2D eigenvalue weighted by Crippen LogP contribution is -2.14. The van der Waals surface area contributed by atoms with Crippen LogP contribution in [0.5, 0.6) is 0 Å². The van der Waals surface area contributed by atoms with Gasteiger partial charge in [-0.25, -0.2) is 0 Å². The first-order valence-electron chi connectivity index (χ1n) is 4.72. The highest BCUT2D eigenvalue weighted by Gasteiger charge is 2.03. The molecule has 0 bridgehead atoms. The zero-order chi connectivity index (χ0) is 11.1. The Bertz CT molecular complexity index is 328. The number of nitrogens with zero attached hydrogens (tertiary/aromatic N) is 1. The van der Waals surface area contributed by atoms with Crippen molar-refractivity contribution in [1.82, 2.24) is 4.98 Å². The zero-order valence-electron chi connectivity index (χ0n) is 8.69. The van der Waals surface area contributed by atoms with Gasteiger partial charge in [0.05, 0.1) is 11.9 Å². The summed E-state index contributed by atoms with van der Waals surface area (Å²) in [5, 5.41) is 3.29. The monoisotopic (exact) mass is 241 g/mol. The van der Waals surface area contributed by atoms with Gasteiger partial charge in [0.15, 0.2) is 0 Å². The summed E-state index contributed by atoms with van der Waals surface area (Å²) in [6, 6.07) is 1.83. The van der Waals surface area contributed by atoms with E-state index in [1.165, 1.54) is 0 Å². The molecule has 0 spiro atoms. The van der Waals surface area contributed by atoms with Crippen molar-refractivity contribution in [1.29, 1.82) is 0 Å². The Morgan fingerprint density at radius 3 is 3.13 bits per heavy atom. The average molecular weight is 241 g/mol. The van der Waals surface area contributed by atoms with Gasteiger partial charge in [-0.15, -0.1) is 0 Å². The summed E-state index contributed by atoms with van der Waals surface area (Å²) in [5.74, 6) is 1.15. The molecular formula is C10H15N3S2. The molecule has 1 aromatic heterocycles. The lowest BCUT2D eigenvalue weighted by atomic mass is 10.2. The van der Waals surface area contributed by atoms with Crippen molar-refractivity contribution in [3.8, 4) is 0 Å². The molecule has 0 aliphatic heterocycles. The maximum atomic E-state index is 5.60. The van der Waals surface area contributed by atoms with Gasteiger partial charge in [-0.05, 0) is 24.5 Å². The first kappa shape index (κ1) is 12.3. The molecule has 82 valence electrons. The highest BCUT2D eigenvalue weighted by Crippen LogP contribution is 2.13. The summed E-state index contributed by atoms with van der Waals surface area (Å²) in [7, 11) is 0. The van der Waals surface area contributed by atoms with Crippen molar-refractivity contribution in [3.05, 3.63) is 24.0 Å². The Morgan fingerprint density at radius 2 is 2.47 bits per heavy atom. The predicted octanol–water partition coefficient (Wildman–Crippen LogP) is 1.88. The van der Waals surface area contributed by atoms with Crippen LogP contribution in [0.3, 0.4) is 0 Å². The lowest BCUT2D eigenvalue weighted by molar-refractivity contribution is 0.990. The molecule has 3 nitrogen and oxygen atoms in total. The number of aromatic nitrogens is 1. The molecule has 0 aromatic carbocycles. The standard InChI is InChI=1S/C10H15N3S2/c1-15-6-2-4-13-9-7-12-5-3-8(9)10(11)14/h3,5,7,13H,2,4,6H2,1H3,(H2,11,14). The molecule has 1 rings (SSSR count). The summed E-state index contributed by atoms with van der Waals surface area (Å²) in [6.45, 7) is 0.919. The molecule has 0 saturated heterocycles. The molecule has 1 aromatic rings. The van der Waals surface area contributed by atoms with Gasteiger partial charge in [0.25, 0.3) is 0 Å². The SMILES string of the molecule is CSCCCNc1cnccc1C(N)=S. The smallest absolute Gasteiger partial charge is 0.106 e. The summed E-state index contributed by atoms with van der Waals surface area (Å²) in [6.07, 6.45) is 6.67. The van der Waals surface area contributed by atoms with Gasteiger partial charge < -0.3 is 11.1 Å². The number of thioether (sulfide) groups is 1. The van der Waals surface area contributed by atoms with Crippen molar-refractivity contribution in [3.63, 3.8) is 0 Å². The van der Waals surface area contributed by atoms with Crippen molar-refractivity contribution < 1.29 is 0 Å². The predicted molar refractivity (Wildman–Crippen MR) is 71.6 cm³/mol. The van der Waals surface area contributed by atoms with E-state index in [9.17, 15) is 0 Å². The molecule has 0 unspecified atom stereocenters. The first-order chi connectivity index (χ1) is 7.25. The van der Waals surface area contributed by atoms with Gasteiger partial charge in [0.2, 0.25) is 0 Å². The average Bonchev–Trinajstić information content (AvgIpc) is 2.25. The van der Waals surface area contributed by atoms with Crippen LogP contribution < -0.4 is 11.1 Å². The fourth-order valence-electron chi connectivity index (χ4n) is 1.19. The van der Waals surface area contributed by atoms with Gasteiger partial charge in [-0.3, -0.25) is 4.98 Å². The van der Waals surface area contributed by atoms with Gasteiger partial charge in [0.1, 0.15) is 4.99 Å². The number of hydrogen-bond donors (Lipinski definition) is 2. The van der Waals surface area contributed by atoms with Crippen molar-refractivity contribution in [2.75, 3.05) is 23.9 Å². The van der Waals surface area contributed by atoms with E-state index >= 15 is 0 Å². The summed E-state index contributed by atoms with van der Waals surface area (Å²) >= 11 is 6.80. The van der Waals surface area contributed by atoms with E-state index in [0.717, 1.165) is 30.0 Å². The van der Waals surface area contributed by atoms with Crippen molar-refractivity contribution >= 4 is 34.7 Å². The molecule has 0 atom stereocenters. The van der Waals surface area contributed by atoms with Gasteiger partial charge in [-0.1, -0.05) is 12.2 Å². The number of nitrogens with one attached hydrogen (secondary N) is 1. The molecule has 0 aliphatic rings. The van der Waals surface area contributed by atoms with Crippen LogP contribution in [0.1, 0.15) is 12.0 Å². The third kappa shape index (κ3) is 4.05. The molecule has 0 radical (unpaired) electrons. The van der Waals surface area contributed by atoms with Crippen LogP contribution in [-0.2, 0) is 0 Å². The van der Waals surface area contributed by atoms with E-state index in [2.05, 4.69) is 16.6 Å². The van der Waals surface area contributed by atoms with E-state index in [0.29, 0.717) is 4.99 Å². The Labute approximate surface area is 99.8 Å². The maximum absolute atomic E-state index is 5.60. The summed E-state index contributed by atoms with van der Waals surface area (Å²) in [5.41, 5.74) is 7.39. The molecule has 0 aliphatic carbocycles. The highest BCUT2D eigenvalue weighted by molar-refractivity contribution is 7.98. The van der Waals surface area contributed by atoms with Crippen LogP contribution >= 0.6 is 24.0 Å². The molecule has 0 saturated carbocycles. The molecule has 3 N–H and O–H groups in total. The van der Waals surface area contributed by atoms with E-state index < -0.39 is 0 Å². The fourth-order valence-corrected chi connectivity index (χ4v) is 1.80. The Morgan fingerprint density at radius 1 is 1.67 bits per heavy atom. The minimum atomic E-state index is 0.407. The molecular weight excluding hydrogens is 226 g/mol. The molecule has 0 amide bonds. The second-order valence-corrected chi connectivity index (χ2v) is 4.48. The van der Waals surface area contributed by atoms with Crippen LogP contribution in [0.15, 0.2) is 18.5 Å². The number of anilines is 1. The van der Waals surface area contributed by atoms with E-state index in [1.807, 2.05) is 17.8 Å². The second-order valence-electron chi connectivity index (χ2n) is 3.06. The highest BCUT2D eigenvalue weighted by atomic mass is 32.2. The zero-order valence-corrected chi connectivity index (χ0v) is 10.3. The number of rotatable bonds is 6. The molecule has 1 heterocycles. The van der Waals surface area contributed by atoms with Crippen LogP contribution in [0, 0.1) is 0 Å². The van der Waals surface area contributed by atoms with Gasteiger partial charge in [-0.2, -0.15) is 11.8 Å². The number of thiocarbonyl (C=S) groups is 1. The molecule has 0 fully saturated rings. The fraction of sp³-hybridized carbons (Fsp3) is 0.400. The maximum Gasteiger partial charge on any atom is 0.106 e. The Hall–Kier alpha value is -0.810. The number of hydrogen-bond acceptors (Lipinski definition) is 4. The minimum Gasteiger partial charge on any atom is -0.389 e. The molecule has 15 heavy (non-hydrogen) atoms. The van der Waals surface area contributed by atoms with Gasteiger partial charge in [0, 0.05) is 18.3 Å². The largest absolute Gasteiger partial charge is 0.389 e. The van der Waals surface area contributed by atoms with Crippen LogP contribution in [-0.4, -0.2) is 28.5 Å². The molecule has 5 heteroatoms. The first-order valence-corrected chi connectivity index (χ1v) is 6.52. The lowest BCUT2D eigenvalue weighted by Gasteiger charge is -2.09. The Kier molecular flexibility index (Phi) is 5.42. The van der Waals surface area contributed by atoms with E-state index in [-0.39, 0.29) is 0 Å². The van der Waals surface area contributed by atoms with E-state index in [4.69, 9.17) is 18.0 Å². The van der Waals surface area contributed by atoms with Crippen LogP contribution in [0.2, 0.25) is 0 Å². The second kappa shape index (κ2) is 6.63. The van der Waals surface area contributed by atoms with Crippen LogP contribution in [0.25, 0.3) is 0 Å². The minimum absolute atomic E-state index is 0.407. The number of nitrogens with two attached hydrogens (primary N) is 1. The van der Waals surface area contributed by atoms with Gasteiger partial charge >= 0.3 is 0 Å². The van der Waals surface area contributed by atoms with Crippen molar-refractivity contribution in [2.24, 2.45) is 5.73 Å². The van der Waals surface area contributed by atoms with Crippen molar-refractivity contribution in [2.45, 2.75) is 6.42 Å².